The van der Waals surface area contributed by atoms with Gasteiger partial charge in [-0.2, -0.15) is 0 Å². The molecule has 0 aliphatic rings. The number of ether oxygens (including phenoxy) is 1. The largest absolute Gasteiger partial charge is 0.490 e. The lowest BCUT2D eigenvalue weighted by atomic mass is 10.2. The van der Waals surface area contributed by atoms with Gasteiger partial charge in [0.05, 0.1) is 11.9 Å². The summed E-state index contributed by atoms with van der Waals surface area (Å²) >= 11 is 0. The lowest BCUT2D eigenvalue weighted by Gasteiger charge is -2.22. The number of nitrogens with one attached hydrogen (secondary N) is 1. The van der Waals surface area contributed by atoms with Gasteiger partial charge in [-0.3, -0.25) is 9.10 Å². The van der Waals surface area contributed by atoms with Crippen LogP contribution in [0.4, 0.5) is 11.4 Å². The molecule has 1 amide bonds. The molecule has 0 aliphatic carbocycles. The molecule has 2 aromatic rings. The van der Waals surface area contributed by atoms with Crippen molar-refractivity contribution in [2.75, 3.05) is 29.0 Å². The van der Waals surface area contributed by atoms with E-state index < -0.39 is 15.9 Å². The van der Waals surface area contributed by atoms with E-state index in [9.17, 15) is 13.2 Å². The Hall–Kier alpha value is -2.80. The maximum Gasteiger partial charge on any atom is 0.245 e. The Morgan fingerprint density at radius 2 is 1.92 bits per heavy atom. The third-order valence-electron chi connectivity index (χ3n) is 3.48. The van der Waals surface area contributed by atoms with E-state index in [4.69, 9.17) is 4.74 Å². The minimum Gasteiger partial charge on any atom is -0.490 e. The molecule has 0 fully saturated rings. The van der Waals surface area contributed by atoms with Crippen LogP contribution in [0.3, 0.4) is 0 Å². The van der Waals surface area contributed by atoms with Crippen LogP contribution in [0.15, 0.2) is 61.2 Å². The zero-order chi connectivity index (χ0) is 19.2. The molecule has 2 aromatic carbocycles. The molecule has 0 aliphatic heterocycles. The zero-order valence-corrected chi connectivity index (χ0v) is 15.6. The van der Waals surface area contributed by atoms with E-state index in [1.807, 2.05) is 13.0 Å². The van der Waals surface area contributed by atoms with Gasteiger partial charge >= 0.3 is 0 Å². The van der Waals surface area contributed by atoms with Crippen LogP contribution in [0, 0.1) is 6.92 Å². The molecule has 0 spiro atoms. The molecule has 0 unspecified atom stereocenters. The number of benzene rings is 2. The number of sulfonamides is 1. The average Bonchev–Trinajstić information content (AvgIpc) is 2.58. The molecule has 0 radical (unpaired) electrons. The Bertz CT molecular complexity index is 877. The first kappa shape index (κ1) is 19.5. The highest BCUT2D eigenvalue weighted by Gasteiger charge is 2.21. The quantitative estimate of drug-likeness (QED) is 0.721. The van der Waals surface area contributed by atoms with Crippen LogP contribution < -0.4 is 14.4 Å². The van der Waals surface area contributed by atoms with Crippen LogP contribution in [0.25, 0.3) is 0 Å². The highest BCUT2D eigenvalue weighted by molar-refractivity contribution is 7.92. The summed E-state index contributed by atoms with van der Waals surface area (Å²) in [6.45, 7) is 5.52. The van der Waals surface area contributed by atoms with Crippen LogP contribution in [0.5, 0.6) is 5.75 Å². The lowest BCUT2D eigenvalue weighted by molar-refractivity contribution is -0.114. The summed E-state index contributed by atoms with van der Waals surface area (Å²) in [5, 5.41) is 2.69. The fourth-order valence-corrected chi connectivity index (χ4v) is 3.15. The second-order valence-corrected chi connectivity index (χ2v) is 7.69. The first-order chi connectivity index (χ1) is 12.3. The van der Waals surface area contributed by atoms with Crippen molar-refractivity contribution < 1.29 is 17.9 Å². The van der Waals surface area contributed by atoms with Crippen LogP contribution in [0.2, 0.25) is 0 Å². The van der Waals surface area contributed by atoms with Gasteiger partial charge in [0.1, 0.15) is 18.9 Å². The van der Waals surface area contributed by atoms with Crippen LogP contribution in [-0.4, -0.2) is 33.7 Å². The van der Waals surface area contributed by atoms with Gasteiger partial charge in [-0.1, -0.05) is 24.8 Å². The summed E-state index contributed by atoms with van der Waals surface area (Å²) in [5.74, 6) is 0.220. The molecule has 1 N–H and O–H groups in total. The van der Waals surface area contributed by atoms with Crippen molar-refractivity contribution in [3.63, 3.8) is 0 Å². The van der Waals surface area contributed by atoms with Gasteiger partial charge in [0.15, 0.2) is 0 Å². The standard InChI is InChI=1S/C19H22N2O4S/c1-4-12-25-18-10-8-16(9-11-18)20-19(22)14-21(26(3,23)24)17-7-5-6-15(2)13-17/h4-11,13H,1,12,14H2,2-3H3,(H,20,22). The van der Waals surface area contributed by atoms with Crippen molar-refractivity contribution in [2.45, 2.75) is 6.92 Å². The Morgan fingerprint density at radius 3 is 2.50 bits per heavy atom. The van der Waals surface area contributed by atoms with E-state index in [-0.39, 0.29) is 6.54 Å². The van der Waals surface area contributed by atoms with E-state index in [0.29, 0.717) is 23.7 Å². The maximum absolute atomic E-state index is 12.3. The summed E-state index contributed by atoms with van der Waals surface area (Å²) in [6, 6.07) is 13.8. The molecule has 138 valence electrons. The van der Waals surface area contributed by atoms with E-state index in [0.717, 1.165) is 16.1 Å². The monoisotopic (exact) mass is 374 g/mol. The fraction of sp³-hybridized carbons (Fsp3) is 0.211. The Morgan fingerprint density at radius 1 is 1.23 bits per heavy atom. The number of carbonyl (C=O) groups is 1. The Balaban J connectivity index is 2.09. The van der Waals surface area contributed by atoms with E-state index in [1.165, 1.54) is 0 Å². The second kappa shape index (κ2) is 8.53. The van der Waals surface area contributed by atoms with Gasteiger partial charge in [-0.05, 0) is 48.9 Å². The number of anilines is 2. The van der Waals surface area contributed by atoms with Crippen LogP contribution >= 0.6 is 0 Å². The highest BCUT2D eigenvalue weighted by atomic mass is 32.2. The Kier molecular flexibility index (Phi) is 6.41. The molecule has 0 saturated carbocycles. The minimum atomic E-state index is -3.60. The summed E-state index contributed by atoms with van der Waals surface area (Å²) in [5.41, 5.74) is 1.92. The van der Waals surface area contributed by atoms with Gasteiger partial charge in [0.25, 0.3) is 0 Å². The fourth-order valence-electron chi connectivity index (χ4n) is 2.30. The molecular weight excluding hydrogens is 352 g/mol. The molecule has 0 saturated heterocycles. The lowest BCUT2D eigenvalue weighted by Crippen LogP contribution is -2.37. The summed E-state index contributed by atoms with van der Waals surface area (Å²) in [7, 11) is -3.60. The van der Waals surface area contributed by atoms with E-state index in [2.05, 4.69) is 11.9 Å². The SMILES string of the molecule is C=CCOc1ccc(NC(=O)CN(c2cccc(C)c2)S(C)(=O)=O)cc1. The second-order valence-electron chi connectivity index (χ2n) is 5.78. The van der Waals surface area contributed by atoms with Gasteiger partial charge in [-0.25, -0.2) is 8.42 Å². The van der Waals surface area contributed by atoms with Crippen LogP contribution in [-0.2, 0) is 14.8 Å². The predicted octanol–water partition coefficient (Wildman–Crippen LogP) is 2.96. The first-order valence-electron chi connectivity index (χ1n) is 7.97. The van der Waals surface area contributed by atoms with Gasteiger partial charge in [0.2, 0.25) is 15.9 Å². The molecule has 7 heteroatoms. The molecule has 0 bridgehead atoms. The van der Waals surface area contributed by atoms with Gasteiger partial charge in [-0.15, -0.1) is 0 Å². The number of hydrogen-bond acceptors (Lipinski definition) is 4. The van der Waals surface area contributed by atoms with Crippen molar-refractivity contribution in [1.29, 1.82) is 0 Å². The van der Waals surface area contributed by atoms with Gasteiger partial charge in [0, 0.05) is 5.69 Å². The molecule has 26 heavy (non-hydrogen) atoms. The van der Waals surface area contributed by atoms with Crippen molar-refractivity contribution >= 4 is 27.3 Å². The van der Waals surface area contributed by atoms with Crippen molar-refractivity contribution in [2.24, 2.45) is 0 Å². The van der Waals surface area contributed by atoms with E-state index in [1.54, 1.807) is 48.5 Å². The zero-order valence-electron chi connectivity index (χ0n) is 14.8. The number of amides is 1. The van der Waals surface area contributed by atoms with Gasteiger partial charge < -0.3 is 10.1 Å². The number of hydrogen-bond donors (Lipinski definition) is 1. The number of rotatable bonds is 8. The molecule has 0 heterocycles. The molecule has 0 aromatic heterocycles. The maximum atomic E-state index is 12.3. The van der Waals surface area contributed by atoms with Crippen molar-refractivity contribution in [3.05, 3.63) is 66.7 Å². The Labute approximate surface area is 154 Å². The topological polar surface area (TPSA) is 75.7 Å². The predicted molar refractivity (Wildman–Crippen MR) is 104 cm³/mol. The van der Waals surface area contributed by atoms with Crippen molar-refractivity contribution in [3.8, 4) is 5.75 Å². The third-order valence-corrected chi connectivity index (χ3v) is 4.62. The normalized spacial score (nSPS) is 10.8. The number of aryl methyl sites for hydroxylation is 1. The van der Waals surface area contributed by atoms with E-state index >= 15 is 0 Å². The summed E-state index contributed by atoms with van der Waals surface area (Å²) < 4.78 is 30.7. The average molecular weight is 374 g/mol. The minimum absolute atomic E-state index is 0.309. The molecule has 2 rings (SSSR count). The van der Waals surface area contributed by atoms with Crippen LogP contribution in [0.1, 0.15) is 5.56 Å². The van der Waals surface area contributed by atoms with Crippen molar-refractivity contribution in [1.82, 2.24) is 0 Å². The molecular formula is C19H22N2O4S. The summed E-state index contributed by atoms with van der Waals surface area (Å²) in [4.78, 5) is 12.3. The smallest absolute Gasteiger partial charge is 0.245 e. The highest BCUT2D eigenvalue weighted by Crippen LogP contribution is 2.20. The first-order valence-corrected chi connectivity index (χ1v) is 9.82. The molecule has 6 nitrogen and oxygen atoms in total. The third kappa shape index (κ3) is 5.63. The molecule has 0 atom stereocenters. The summed E-state index contributed by atoms with van der Waals surface area (Å²) in [6.07, 6.45) is 2.72. The number of nitrogens with zero attached hydrogens (tertiary/aromatic N) is 1. The number of carbonyl (C=O) groups excluding carboxylic acids is 1.